The van der Waals surface area contributed by atoms with Gasteiger partial charge in [0.05, 0.1) is 11.2 Å². The van der Waals surface area contributed by atoms with E-state index in [0.717, 1.165) is 10.6 Å². The van der Waals surface area contributed by atoms with Crippen molar-refractivity contribution in [2.24, 2.45) is 5.73 Å². The van der Waals surface area contributed by atoms with Crippen molar-refractivity contribution in [2.75, 3.05) is 7.05 Å². The normalized spacial score (nSPS) is 10.3. The molecule has 0 spiro atoms. The summed E-state index contributed by atoms with van der Waals surface area (Å²) in [5.41, 5.74) is 6.27. The van der Waals surface area contributed by atoms with Crippen molar-refractivity contribution < 1.29 is 9.59 Å². The maximum absolute atomic E-state index is 12.1. The van der Waals surface area contributed by atoms with Crippen LogP contribution in [0.5, 0.6) is 0 Å². The molecule has 6 heteroatoms. The average molecular weight is 303 g/mol. The third kappa shape index (κ3) is 4.39. The lowest BCUT2D eigenvalue weighted by molar-refractivity contribution is -0.130. The molecule has 1 aromatic heterocycles. The molecule has 0 atom stereocenters. The molecule has 21 heavy (non-hydrogen) atoms. The largest absolute Gasteiger partial charge is 0.365 e. The minimum absolute atomic E-state index is 0.0506. The molecule has 0 aliphatic carbocycles. The van der Waals surface area contributed by atoms with Gasteiger partial charge in [0.1, 0.15) is 4.88 Å². The maximum atomic E-state index is 12.1. The van der Waals surface area contributed by atoms with Gasteiger partial charge in [-0.3, -0.25) is 9.59 Å². The smallest absolute Gasteiger partial charge is 0.260 e. The van der Waals surface area contributed by atoms with Crippen molar-refractivity contribution in [3.8, 4) is 0 Å². The Morgan fingerprint density at radius 2 is 2.00 bits per heavy atom. The molecule has 0 aliphatic heterocycles. The fourth-order valence-corrected chi connectivity index (χ4v) is 2.66. The van der Waals surface area contributed by atoms with Gasteiger partial charge in [-0.15, -0.1) is 11.3 Å². The molecule has 2 N–H and O–H groups in total. The lowest BCUT2D eigenvalue weighted by atomic mass is 10.2. The average Bonchev–Trinajstić information content (AvgIpc) is 2.95. The number of amides is 2. The number of nitrogens with two attached hydrogens (primary N) is 1. The van der Waals surface area contributed by atoms with Crippen molar-refractivity contribution in [2.45, 2.75) is 19.4 Å². The van der Waals surface area contributed by atoms with Crippen LogP contribution in [0.15, 0.2) is 36.5 Å². The molecule has 2 aromatic rings. The standard InChI is InChI=1S/C15H17N3O2S/c1-18(10-11-5-3-2-4-6-11)14(19)8-7-13-17-9-12(21-13)15(16)20/h2-6,9H,7-8,10H2,1H3,(H2,16,20). The first-order chi connectivity index (χ1) is 10.1. The van der Waals surface area contributed by atoms with Gasteiger partial charge in [-0.1, -0.05) is 30.3 Å². The first-order valence-electron chi connectivity index (χ1n) is 6.58. The zero-order valence-corrected chi connectivity index (χ0v) is 12.6. The number of hydrogen-bond acceptors (Lipinski definition) is 4. The second-order valence-electron chi connectivity index (χ2n) is 4.72. The van der Waals surface area contributed by atoms with Crippen LogP contribution in [0.4, 0.5) is 0 Å². The van der Waals surface area contributed by atoms with E-state index < -0.39 is 5.91 Å². The molecule has 0 bridgehead atoms. The highest BCUT2D eigenvalue weighted by atomic mass is 32.1. The highest BCUT2D eigenvalue weighted by molar-refractivity contribution is 7.13. The van der Waals surface area contributed by atoms with Gasteiger partial charge in [-0.2, -0.15) is 0 Å². The maximum Gasteiger partial charge on any atom is 0.260 e. The van der Waals surface area contributed by atoms with Gasteiger partial charge in [0.25, 0.3) is 5.91 Å². The Hall–Kier alpha value is -2.21. The number of nitrogens with zero attached hydrogens (tertiary/aromatic N) is 2. The van der Waals surface area contributed by atoms with Crippen LogP contribution < -0.4 is 5.73 Å². The molecule has 0 aliphatic rings. The van der Waals surface area contributed by atoms with Crippen LogP contribution in [-0.2, 0) is 17.8 Å². The lowest BCUT2D eigenvalue weighted by Gasteiger charge is -2.16. The summed E-state index contributed by atoms with van der Waals surface area (Å²) in [5, 5.41) is 0.755. The number of carbonyl (C=O) groups excluding carboxylic acids is 2. The number of aryl methyl sites for hydroxylation is 1. The minimum Gasteiger partial charge on any atom is -0.365 e. The van der Waals surface area contributed by atoms with E-state index in [-0.39, 0.29) is 5.91 Å². The van der Waals surface area contributed by atoms with Crippen molar-refractivity contribution in [1.29, 1.82) is 0 Å². The predicted octanol–water partition coefficient (Wildman–Crippen LogP) is 1.83. The van der Waals surface area contributed by atoms with E-state index in [1.54, 1.807) is 11.9 Å². The van der Waals surface area contributed by atoms with Crippen molar-refractivity contribution >= 4 is 23.2 Å². The van der Waals surface area contributed by atoms with Gasteiger partial charge in [0.2, 0.25) is 5.91 Å². The number of thiazole rings is 1. The molecule has 1 heterocycles. The van der Waals surface area contributed by atoms with Crippen molar-refractivity contribution in [3.63, 3.8) is 0 Å². The Balaban J connectivity index is 1.84. The molecule has 0 saturated heterocycles. The van der Waals surface area contributed by atoms with E-state index in [4.69, 9.17) is 5.73 Å². The summed E-state index contributed by atoms with van der Waals surface area (Å²) in [7, 11) is 1.78. The second-order valence-corrected chi connectivity index (χ2v) is 5.83. The van der Waals surface area contributed by atoms with Crippen LogP contribution in [0.3, 0.4) is 0 Å². The summed E-state index contributed by atoms with van der Waals surface area (Å²) < 4.78 is 0. The van der Waals surface area contributed by atoms with E-state index in [1.807, 2.05) is 30.3 Å². The van der Waals surface area contributed by atoms with Crippen LogP contribution >= 0.6 is 11.3 Å². The number of primary amides is 1. The SMILES string of the molecule is CN(Cc1ccccc1)C(=O)CCc1ncc(C(N)=O)s1. The number of hydrogen-bond donors (Lipinski definition) is 1. The Kier molecular flexibility index (Phi) is 5.05. The van der Waals surface area contributed by atoms with E-state index >= 15 is 0 Å². The molecular formula is C15H17N3O2S. The summed E-state index contributed by atoms with van der Waals surface area (Å²) in [6.07, 6.45) is 2.35. The van der Waals surface area contributed by atoms with Gasteiger partial charge >= 0.3 is 0 Å². The van der Waals surface area contributed by atoms with Gasteiger partial charge < -0.3 is 10.6 Å². The molecule has 0 radical (unpaired) electrons. The van der Waals surface area contributed by atoms with Crippen LogP contribution in [0.2, 0.25) is 0 Å². The zero-order valence-electron chi connectivity index (χ0n) is 11.8. The summed E-state index contributed by atoms with van der Waals surface area (Å²) in [4.78, 5) is 29.3. The van der Waals surface area contributed by atoms with E-state index in [0.29, 0.717) is 24.3 Å². The molecule has 2 rings (SSSR count). The molecule has 5 nitrogen and oxygen atoms in total. The summed E-state index contributed by atoms with van der Waals surface area (Å²) in [6.45, 7) is 0.587. The third-order valence-corrected chi connectivity index (χ3v) is 4.11. The highest BCUT2D eigenvalue weighted by Gasteiger charge is 2.12. The molecule has 0 fully saturated rings. The van der Waals surface area contributed by atoms with Crippen LogP contribution in [0.1, 0.15) is 26.7 Å². The Morgan fingerprint density at radius 3 is 2.62 bits per heavy atom. The quantitative estimate of drug-likeness (QED) is 0.884. The molecule has 110 valence electrons. The number of aromatic nitrogens is 1. The fraction of sp³-hybridized carbons (Fsp3) is 0.267. The van der Waals surface area contributed by atoms with Crippen LogP contribution in [-0.4, -0.2) is 28.7 Å². The molecule has 2 amide bonds. The fourth-order valence-electron chi connectivity index (χ4n) is 1.89. The monoisotopic (exact) mass is 303 g/mol. The van der Waals surface area contributed by atoms with Crippen LogP contribution in [0, 0.1) is 0 Å². The number of carbonyl (C=O) groups is 2. The molecule has 0 unspecified atom stereocenters. The van der Waals surface area contributed by atoms with Gasteiger partial charge in [0.15, 0.2) is 0 Å². The number of benzene rings is 1. The molecule has 1 aromatic carbocycles. The lowest BCUT2D eigenvalue weighted by Crippen LogP contribution is -2.26. The predicted molar refractivity (Wildman–Crippen MR) is 81.9 cm³/mol. The van der Waals surface area contributed by atoms with E-state index in [1.165, 1.54) is 17.5 Å². The van der Waals surface area contributed by atoms with Crippen molar-refractivity contribution in [3.05, 3.63) is 52.0 Å². The number of rotatable bonds is 6. The highest BCUT2D eigenvalue weighted by Crippen LogP contribution is 2.14. The summed E-state index contributed by atoms with van der Waals surface area (Å²) in [5.74, 6) is -0.430. The second kappa shape index (κ2) is 6.99. The van der Waals surface area contributed by atoms with E-state index in [9.17, 15) is 9.59 Å². The van der Waals surface area contributed by atoms with Crippen LogP contribution in [0.25, 0.3) is 0 Å². The molecular weight excluding hydrogens is 286 g/mol. The summed E-state index contributed by atoms with van der Waals surface area (Å²) >= 11 is 1.24. The minimum atomic E-state index is -0.480. The summed E-state index contributed by atoms with van der Waals surface area (Å²) in [6, 6.07) is 9.83. The van der Waals surface area contributed by atoms with Gasteiger partial charge in [0, 0.05) is 26.4 Å². The molecule has 0 saturated carbocycles. The van der Waals surface area contributed by atoms with Gasteiger partial charge in [-0.25, -0.2) is 4.98 Å². The van der Waals surface area contributed by atoms with E-state index in [2.05, 4.69) is 4.98 Å². The van der Waals surface area contributed by atoms with Gasteiger partial charge in [-0.05, 0) is 5.56 Å². The first-order valence-corrected chi connectivity index (χ1v) is 7.40. The third-order valence-electron chi connectivity index (χ3n) is 3.04. The van der Waals surface area contributed by atoms with Crippen molar-refractivity contribution in [1.82, 2.24) is 9.88 Å². The Bertz CT molecular complexity index is 625. The first kappa shape index (κ1) is 15.2. The topological polar surface area (TPSA) is 76.3 Å². The Labute approximate surface area is 127 Å². The Morgan fingerprint density at radius 1 is 1.29 bits per heavy atom. The zero-order chi connectivity index (χ0) is 15.2.